The zero-order valence-electron chi connectivity index (χ0n) is 16.9. The Labute approximate surface area is 190 Å². The van der Waals surface area contributed by atoms with Gasteiger partial charge in [0, 0.05) is 43.3 Å². The molecule has 2 heterocycles. The van der Waals surface area contributed by atoms with E-state index >= 15 is 0 Å². The van der Waals surface area contributed by atoms with Gasteiger partial charge in [0.1, 0.15) is 10.2 Å². The van der Waals surface area contributed by atoms with E-state index in [4.69, 9.17) is 28.2 Å². The Hall–Kier alpha value is -2.02. The van der Waals surface area contributed by atoms with Gasteiger partial charge in [0.15, 0.2) is 0 Å². The molecule has 158 valence electrons. The van der Waals surface area contributed by atoms with Crippen molar-refractivity contribution in [3.05, 3.63) is 50.6 Å². The molecule has 1 amide bonds. The van der Waals surface area contributed by atoms with Crippen LogP contribution in [0.3, 0.4) is 0 Å². The molecule has 1 aliphatic carbocycles. The average Bonchev–Trinajstić information content (AvgIpc) is 3.07. The van der Waals surface area contributed by atoms with Gasteiger partial charge in [0.2, 0.25) is 0 Å². The van der Waals surface area contributed by atoms with E-state index in [0.717, 1.165) is 48.1 Å². The van der Waals surface area contributed by atoms with Crippen molar-refractivity contribution in [2.75, 3.05) is 24.3 Å². The molecule has 0 radical (unpaired) electrons. The standard InChI is InChI=1S/C22H24Cl2N4OS/c1-28(2)18-12-20(27-17-6-4-3-5-15(17)18)25-13-7-9-14(10-8-13)26-22(29)16-11-19(23)30-21(16)24/h3-6,11-14H,7-10H2,1-2H3,(H,25,27)(H,26,29)/t13-,14+. The molecule has 5 nitrogen and oxygen atoms in total. The van der Waals surface area contributed by atoms with Crippen molar-refractivity contribution < 1.29 is 4.79 Å². The van der Waals surface area contributed by atoms with Crippen LogP contribution >= 0.6 is 34.5 Å². The number of rotatable bonds is 5. The summed E-state index contributed by atoms with van der Waals surface area (Å²) in [5.41, 5.74) is 2.59. The predicted octanol–water partition coefficient (Wildman–Crippen LogP) is 5.82. The minimum atomic E-state index is -0.147. The quantitative estimate of drug-likeness (QED) is 0.501. The number of nitrogens with one attached hydrogen (secondary N) is 2. The van der Waals surface area contributed by atoms with Crippen molar-refractivity contribution in [3.63, 3.8) is 0 Å². The predicted molar refractivity (Wildman–Crippen MR) is 128 cm³/mol. The zero-order chi connectivity index (χ0) is 21.3. The number of fused-ring (bicyclic) bond motifs is 1. The molecular formula is C22H24Cl2N4OS. The lowest BCUT2D eigenvalue weighted by Gasteiger charge is -2.30. The van der Waals surface area contributed by atoms with Crippen LogP contribution in [0.25, 0.3) is 10.9 Å². The van der Waals surface area contributed by atoms with E-state index in [1.54, 1.807) is 6.07 Å². The Morgan fingerprint density at radius 3 is 2.47 bits per heavy atom. The van der Waals surface area contributed by atoms with E-state index in [0.29, 0.717) is 20.3 Å². The Morgan fingerprint density at radius 2 is 1.80 bits per heavy atom. The number of aromatic nitrogens is 1. The minimum Gasteiger partial charge on any atom is -0.377 e. The molecule has 8 heteroatoms. The van der Waals surface area contributed by atoms with E-state index in [1.807, 2.05) is 32.3 Å². The van der Waals surface area contributed by atoms with E-state index in [2.05, 4.69) is 27.7 Å². The molecule has 1 aliphatic rings. The van der Waals surface area contributed by atoms with Crippen molar-refractivity contribution in [3.8, 4) is 0 Å². The first kappa shape index (κ1) is 21.2. The topological polar surface area (TPSA) is 57.3 Å². The first-order valence-corrected chi connectivity index (χ1v) is 11.6. The molecule has 2 aromatic heterocycles. The summed E-state index contributed by atoms with van der Waals surface area (Å²) in [6.45, 7) is 0. The summed E-state index contributed by atoms with van der Waals surface area (Å²) < 4.78 is 0.963. The molecule has 0 atom stereocenters. The van der Waals surface area contributed by atoms with Gasteiger partial charge in [0.25, 0.3) is 5.91 Å². The van der Waals surface area contributed by atoms with E-state index in [-0.39, 0.29) is 11.9 Å². The molecule has 4 rings (SSSR count). The second-order valence-corrected chi connectivity index (χ2v) is 10.1. The van der Waals surface area contributed by atoms with Crippen LogP contribution in [0.1, 0.15) is 36.0 Å². The number of anilines is 2. The van der Waals surface area contributed by atoms with Gasteiger partial charge in [-0.1, -0.05) is 41.4 Å². The monoisotopic (exact) mass is 462 g/mol. The van der Waals surface area contributed by atoms with Gasteiger partial charge in [-0.05, 0) is 37.8 Å². The van der Waals surface area contributed by atoms with E-state index in [9.17, 15) is 4.79 Å². The number of pyridine rings is 1. The van der Waals surface area contributed by atoms with Gasteiger partial charge in [-0.15, -0.1) is 11.3 Å². The van der Waals surface area contributed by atoms with Gasteiger partial charge in [-0.3, -0.25) is 4.79 Å². The summed E-state index contributed by atoms with van der Waals surface area (Å²) in [5.74, 6) is 0.746. The van der Waals surface area contributed by atoms with E-state index < -0.39 is 0 Å². The molecular weight excluding hydrogens is 439 g/mol. The maximum atomic E-state index is 12.5. The molecule has 1 aromatic carbocycles. The Kier molecular flexibility index (Phi) is 6.37. The largest absolute Gasteiger partial charge is 0.377 e. The summed E-state index contributed by atoms with van der Waals surface area (Å²) in [7, 11) is 4.10. The van der Waals surface area contributed by atoms with Crippen molar-refractivity contribution >= 4 is 62.9 Å². The highest BCUT2D eigenvalue weighted by Crippen LogP contribution is 2.32. The highest BCUT2D eigenvalue weighted by molar-refractivity contribution is 7.20. The molecule has 1 saturated carbocycles. The highest BCUT2D eigenvalue weighted by atomic mass is 35.5. The Bertz CT molecular complexity index is 1060. The number of carbonyl (C=O) groups excluding carboxylic acids is 1. The van der Waals surface area contributed by atoms with E-state index in [1.165, 1.54) is 11.3 Å². The Morgan fingerprint density at radius 1 is 1.10 bits per heavy atom. The van der Waals surface area contributed by atoms with Gasteiger partial charge in [-0.2, -0.15) is 0 Å². The summed E-state index contributed by atoms with van der Waals surface area (Å²) in [6, 6.07) is 12.4. The van der Waals surface area contributed by atoms with Crippen molar-refractivity contribution in [2.45, 2.75) is 37.8 Å². The lowest BCUT2D eigenvalue weighted by atomic mass is 9.91. The van der Waals surface area contributed by atoms with Crippen LogP contribution < -0.4 is 15.5 Å². The summed E-state index contributed by atoms with van der Waals surface area (Å²) in [6.07, 6.45) is 3.75. The van der Waals surface area contributed by atoms with Crippen molar-refractivity contribution in [1.29, 1.82) is 0 Å². The van der Waals surface area contributed by atoms with Crippen LogP contribution in [0.2, 0.25) is 8.67 Å². The molecule has 0 bridgehead atoms. The molecule has 3 aromatic rings. The fourth-order valence-electron chi connectivity index (χ4n) is 3.95. The van der Waals surface area contributed by atoms with Gasteiger partial charge < -0.3 is 15.5 Å². The minimum absolute atomic E-state index is 0.146. The van der Waals surface area contributed by atoms with Crippen LogP contribution in [0, 0.1) is 0 Å². The maximum absolute atomic E-state index is 12.5. The number of para-hydroxylation sites is 1. The number of thiophene rings is 1. The van der Waals surface area contributed by atoms with Gasteiger partial charge in [0.05, 0.1) is 15.4 Å². The fourth-order valence-corrected chi connectivity index (χ4v) is 5.41. The maximum Gasteiger partial charge on any atom is 0.253 e. The summed E-state index contributed by atoms with van der Waals surface area (Å²) >= 11 is 13.3. The average molecular weight is 463 g/mol. The van der Waals surface area contributed by atoms with Crippen LogP contribution in [-0.4, -0.2) is 37.1 Å². The molecule has 30 heavy (non-hydrogen) atoms. The number of nitrogens with zero attached hydrogens (tertiary/aromatic N) is 2. The first-order valence-electron chi connectivity index (χ1n) is 10.00. The third-order valence-corrected chi connectivity index (χ3v) is 6.98. The van der Waals surface area contributed by atoms with Crippen LogP contribution in [0.15, 0.2) is 36.4 Å². The zero-order valence-corrected chi connectivity index (χ0v) is 19.2. The molecule has 0 aliphatic heterocycles. The lowest BCUT2D eigenvalue weighted by Crippen LogP contribution is -2.40. The smallest absolute Gasteiger partial charge is 0.253 e. The summed E-state index contributed by atoms with van der Waals surface area (Å²) in [4.78, 5) is 19.4. The lowest BCUT2D eigenvalue weighted by molar-refractivity contribution is 0.0927. The van der Waals surface area contributed by atoms with Crippen LogP contribution in [0.5, 0.6) is 0 Å². The number of hydrogen-bond acceptors (Lipinski definition) is 5. The first-order chi connectivity index (χ1) is 14.4. The normalized spacial score (nSPS) is 18.9. The second-order valence-electron chi connectivity index (χ2n) is 7.84. The fraction of sp³-hybridized carbons (Fsp3) is 0.364. The van der Waals surface area contributed by atoms with Crippen molar-refractivity contribution in [2.24, 2.45) is 0 Å². The van der Waals surface area contributed by atoms with Crippen LogP contribution in [-0.2, 0) is 0 Å². The van der Waals surface area contributed by atoms with Crippen LogP contribution in [0.4, 0.5) is 11.5 Å². The highest BCUT2D eigenvalue weighted by Gasteiger charge is 2.24. The third-order valence-electron chi connectivity index (χ3n) is 5.49. The SMILES string of the molecule is CN(C)c1cc(N[C@H]2CC[C@@H](NC(=O)c3cc(Cl)sc3Cl)CC2)nc2ccccc12. The number of halogens is 2. The number of hydrogen-bond donors (Lipinski definition) is 2. The van der Waals surface area contributed by atoms with Gasteiger partial charge >= 0.3 is 0 Å². The number of amides is 1. The number of carbonyl (C=O) groups is 1. The molecule has 0 unspecified atom stereocenters. The molecule has 0 spiro atoms. The van der Waals surface area contributed by atoms with Gasteiger partial charge in [-0.25, -0.2) is 4.98 Å². The Balaban J connectivity index is 1.38. The molecule has 2 N–H and O–H groups in total. The third kappa shape index (κ3) is 4.66. The second kappa shape index (κ2) is 9.00. The van der Waals surface area contributed by atoms with Crippen molar-refractivity contribution in [1.82, 2.24) is 10.3 Å². The summed E-state index contributed by atoms with van der Waals surface area (Å²) in [5, 5.41) is 7.84. The molecule has 0 saturated heterocycles. The molecule has 1 fully saturated rings. The number of benzene rings is 1.